The predicted molar refractivity (Wildman–Crippen MR) is 117 cm³/mol. The summed E-state index contributed by atoms with van der Waals surface area (Å²) >= 11 is 18.9. The second kappa shape index (κ2) is 7.34. The third kappa shape index (κ3) is 3.26. The Balaban J connectivity index is 1.50. The molecule has 1 saturated carbocycles. The predicted octanol–water partition coefficient (Wildman–Crippen LogP) is 5.15. The molecule has 1 aromatic heterocycles. The van der Waals surface area contributed by atoms with Gasteiger partial charge in [0, 0.05) is 22.3 Å². The molecule has 1 fully saturated rings. The highest BCUT2D eigenvalue weighted by molar-refractivity contribution is 7.92. The maximum absolute atomic E-state index is 14.8. The van der Waals surface area contributed by atoms with Gasteiger partial charge in [0.2, 0.25) is 5.91 Å². The average molecular weight is 517 g/mol. The smallest absolute Gasteiger partial charge is 0.266 e. The molecule has 166 valence electrons. The van der Waals surface area contributed by atoms with Gasteiger partial charge in [-0.05, 0) is 42.7 Å². The fourth-order valence-electron chi connectivity index (χ4n) is 3.97. The lowest BCUT2D eigenvalue weighted by molar-refractivity contribution is -0.120. The van der Waals surface area contributed by atoms with E-state index in [1.807, 2.05) is 0 Å². The van der Waals surface area contributed by atoms with Gasteiger partial charge in [0.25, 0.3) is 10.0 Å². The van der Waals surface area contributed by atoms with Crippen LogP contribution in [0.4, 0.5) is 15.9 Å². The molecule has 32 heavy (non-hydrogen) atoms. The zero-order valence-corrected chi connectivity index (χ0v) is 19.1. The number of anilines is 2. The highest BCUT2D eigenvalue weighted by atomic mass is 35.5. The zero-order chi connectivity index (χ0) is 22.8. The summed E-state index contributed by atoms with van der Waals surface area (Å²) in [4.78, 5) is 14.0. The van der Waals surface area contributed by atoms with Gasteiger partial charge >= 0.3 is 0 Å². The van der Waals surface area contributed by atoms with Crippen LogP contribution in [0.25, 0.3) is 0 Å². The second-order valence-electron chi connectivity index (χ2n) is 7.59. The summed E-state index contributed by atoms with van der Waals surface area (Å²) in [5, 5.41) is 4.11. The molecule has 1 aliphatic carbocycles. The number of benzene rings is 2. The summed E-state index contributed by atoms with van der Waals surface area (Å²) in [5.74, 6) is -1.30. The van der Waals surface area contributed by atoms with Crippen molar-refractivity contribution in [3.05, 3.63) is 68.6 Å². The van der Waals surface area contributed by atoms with Gasteiger partial charge in [0.1, 0.15) is 17.0 Å². The molecule has 0 unspecified atom stereocenters. The van der Waals surface area contributed by atoms with Gasteiger partial charge in [-0.1, -0.05) is 40.0 Å². The number of nitrogens with one attached hydrogen (secondary N) is 1. The van der Waals surface area contributed by atoms with Gasteiger partial charge in [0.15, 0.2) is 5.82 Å². The molecule has 5 rings (SSSR count). The largest absolute Gasteiger partial charge is 0.363 e. The molecular weight excluding hydrogens is 504 g/mol. The van der Waals surface area contributed by atoms with E-state index in [-0.39, 0.29) is 28.9 Å². The lowest BCUT2D eigenvalue weighted by Gasteiger charge is -2.20. The van der Waals surface area contributed by atoms with Crippen LogP contribution in [0.3, 0.4) is 0 Å². The van der Waals surface area contributed by atoms with E-state index in [9.17, 15) is 17.6 Å². The summed E-state index contributed by atoms with van der Waals surface area (Å²) in [6.45, 7) is -0.0572. The number of fused-ring (bicyclic) bond motifs is 2. The van der Waals surface area contributed by atoms with E-state index in [1.54, 1.807) is 12.1 Å². The topological polar surface area (TPSA) is 92.5 Å². The van der Waals surface area contributed by atoms with E-state index in [0.717, 1.165) is 12.1 Å². The summed E-state index contributed by atoms with van der Waals surface area (Å²) < 4.78 is 46.6. The van der Waals surface area contributed by atoms with Gasteiger partial charge < -0.3 is 9.42 Å². The van der Waals surface area contributed by atoms with E-state index >= 15 is 0 Å². The van der Waals surface area contributed by atoms with E-state index < -0.39 is 26.2 Å². The van der Waals surface area contributed by atoms with Crippen molar-refractivity contribution in [3.8, 4) is 0 Å². The van der Waals surface area contributed by atoms with Crippen molar-refractivity contribution < 1.29 is 22.1 Å². The molecule has 12 heteroatoms. The van der Waals surface area contributed by atoms with Crippen LogP contribution >= 0.6 is 34.8 Å². The molecule has 0 bridgehead atoms. The van der Waals surface area contributed by atoms with E-state index in [4.69, 9.17) is 34.8 Å². The zero-order valence-electron chi connectivity index (χ0n) is 16.0. The van der Waals surface area contributed by atoms with Crippen LogP contribution in [0.5, 0.6) is 0 Å². The highest BCUT2D eigenvalue weighted by Crippen LogP contribution is 2.60. The molecule has 0 saturated heterocycles. The molecule has 2 aliphatic rings. The molecule has 1 aliphatic heterocycles. The molecule has 1 spiro atoms. The van der Waals surface area contributed by atoms with E-state index in [1.165, 1.54) is 17.2 Å². The standard InChI is InChI=1S/C20H13Cl3FN3O4S/c21-11-1-2-14-17(18(11)23)20(4-5-20)19(28)27(14)9-10-7-13(24)15(8-12(10)22)32(29,30)26-16-3-6-31-25-16/h1-3,6-8H,4-5,9H2,(H,25,26). The Morgan fingerprint density at radius 2 is 1.91 bits per heavy atom. The Kier molecular flexibility index (Phi) is 4.94. The second-order valence-corrected chi connectivity index (χ2v) is 10.4. The van der Waals surface area contributed by atoms with Crippen molar-refractivity contribution in [2.75, 3.05) is 9.62 Å². The molecule has 1 N–H and O–H groups in total. The number of hydrogen-bond donors (Lipinski definition) is 1. The number of aromatic nitrogens is 1. The van der Waals surface area contributed by atoms with Gasteiger partial charge in [-0.3, -0.25) is 9.52 Å². The van der Waals surface area contributed by atoms with Crippen molar-refractivity contribution >= 4 is 62.2 Å². The Labute approximate surface area is 197 Å². The molecule has 2 heterocycles. The number of rotatable bonds is 5. The van der Waals surface area contributed by atoms with E-state index in [0.29, 0.717) is 34.1 Å². The van der Waals surface area contributed by atoms with Crippen molar-refractivity contribution in [3.63, 3.8) is 0 Å². The number of carbonyl (C=O) groups excluding carboxylic acids is 1. The van der Waals surface area contributed by atoms with Crippen molar-refractivity contribution in [1.29, 1.82) is 0 Å². The van der Waals surface area contributed by atoms with Crippen LogP contribution in [-0.4, -0.2) is 19.5 Å². The lowest BCUT2D eigenvalue weighted by Crippen LogP contribution is -2.31. The monoisotopic (exact) mass is 515 g/mol. The summed E-state index contributed by atoms with van der Waals surface area (Å²) in [5.41, 5.74) is 0.785. The highest BCUT2D eigenvalue weighted by Gasteiger charge is 2.60. The minimum absolute atomic E-state index is 0.0157. The van der Waals surface area contributed by atoms with Gasteiger partial charge in [-0.25, -0.2) is 12.8 Å². The third-order valence-electron chi connectivity index (χ3n) is 5.64. The first-order chi connectivity index (χ1) is 15.1. The van der Waals surface area contributed by atoms with Crippen molar-refractivity contribution in [2.45, 2.75) is 29.7 Å². The van der Waals surface area contributed by atoms with E-state index in [2.05, 4.69) is 14.4 Å². The van der Waals surface area contributed by atoms with Crippen molar-refractivity contribution in [2.24, 2.45) is 0 Å². The Bertz CT molecular complexity index is 1380. The Morgan fingerprint density at radius 3 is 2.56 bits per heavy atom. The van der Waals surface area contributed by atoms with Crippen molar-refractivity contribution in [1.82, 2.24) is 5.16 Å². The fourth-order valence-corrected chi connectivity index (χ4v) is 5.83. The lowest BCUT2D eigenvalue weighted by atomic mass is 9.98. The number of hydrogen-bond acceptors (Lipinski definition) is 5. The molecule has 2 aromatic carbocycles. The first-order valence-corrected chi connectivity index (χ1v) is 12.0. The molecule has 0 atom stereocenters. The van der Waals surface area contributed by atoms with Crippen LogP contribution < -0.4 is 9.62 Å². The first kappa shape index (κ1) is 21.5. The maximum atomic E-state index is 14.8. The SMILES string of the molecule is O=C1N(Cc2cc(F)c(S(=O)(=O)Nc3ccon3)cc2Cl)c2ccc(Cl)c(Cl)c2C12CC2. The van der Waals surface area contributed by atoms with Gasteiger partial charge in [-0.15, -0.1) is 0 Å². The Morgan fingerprint density at radius 1 is 1.16 bits per heavy atom. The quantitative estimate of drug-likeness (QED) is 0.506. The number of sulfonamides is 1. The normalized spacial score (nSPS) is 16.5. The minimum Gasteiger partial charge on any atom is -0.363 e. The molecule has 1 amide bonds. The number of amides is 1. The minimum atomic E-state index is -4.30. The average Bonchev–Trinajstić information content (AvgIpc) is 3.31. The fraction of sp³-hybridized carbons (Fsp3) is 0.200. The summed E-state index contributed by atoms with van der Waals surface area (Å²) in [6.07, 6.45) is 2.45. The summed E-state index contributed by atoms with van der Waals surface area (Å²) in [6, 6.07) is 6.56. The number of nitrogens with zero attached hydrogens (tertiary/aromatic N) is 2. The van der Waals surface area contributed by atoms with Crippen LogP contribution in [0.2, 0.25) is 15.1 Å². The number of carbonyl (C=O) groups is 1. The molecule has 7 nitrogen and oxygen atoms in total. The molecule has 0 radical (unpaired) electrons. The first-order valence-electron chi connectivity index (χ1n) is 9.36. The third-order valence-corrected chi connectivity index (χ3v) is 8.17. The summed E-state index contributed by atoms with van der Waals surface area (Å²) in [7, 11) is -4.30. The Hall–Kier alpha value is -2.33. The van der Waals surface area contributed by atoms with Gasteiger partial charge in [0.05, 0.1) is 22.0 Å². The van der Waals surface area contributed by atoms with Crippen LogP contribution in [0.1, 0.15) is 24.0 Å². The van der Waals surface area contributed by atoms with Crippen LogP contribution in [0, 0.1) is 5.82 Å². The molecule has 3 aromatic rings. The molecular formula is C20H13Cl3FN3O4S. The van der Waals surface area contributed by atoms with Crippen LogP contribution in [0.15, 0.2) is 46.0 Å². The maximum Gasteiger partial charge on any atom is 0.266 e. The number of halogens is 4. The van der Waals surface area contributed by atoms with Crippen LogP contribution in [-0.2, 0) is 26.8 Å². The van der Waals surface area contributed by atoms with Gasteiger partial charge in [-0.2, -0.15) is 0 Å².